The second-order valence-corrected chi connectivity index (χ2v) is 23.1. The Morgan fingerprint density at radius 3 is 2.17 bits per heavy atom. The topological polar surface area (TPSA) is 301 Å². The molecule has 2 fully saturated rings. The zero-order valence-electron chi connectivity index (χ0n) is 48.7. The number of nitrogens with zero attached hydrogens (tertiary/aromatic N) is 3. The van der Waals surface area contributed by atoms with Gasteiger partial charge >= 0.3 is 18.0 Å². The van der Waals surface area contributed by atoms with E-state index in [0.717, 1.165) is 21.8 Å². The average Bonchev–Trinajstić information content (AvgIpc) is 3.86. The van der Waals surface area contributed by atoms with E-state index < -0.39 is 133 Å². The maximum Gasteiger partial charge on any atom is 0.410 e. The lowest BCUT2D eigenvalue weighted by atomic mass is 9.89. The summed E-state index contributed by atoms with van der Waals surface area (Å²) in [7, 11) is 5.89. The van der Waals surface area contributed by atoms with Crippen molar-refractivity contribution >= 4 is 63.1 Å². The minimum absolute atomic E-state index is 0.0741. The minimum atomic E-state index is -1.36. The lowest BCUT2D eigenvalue weighted by Gasteiger charge is -2.41. The third-order valence-electron chi connectivity index (χ3n) is 15.7. The van der Waals surface area contributed by atoms with Crippen molar-refractivity contribution in [3.05, 3.63) is 64.5 Å². The van der Waals surface area contributed by atoms with E-state index in [9.17, 15) is 59.1 Å². The van der Waals surface area contributed by atoms with Crippen molar-refractivity contribution in [2.24, 2.45) is 23.7 Å². The molecule has 5 rings (SSSR count). The van der Waals surface area contributed by atoms with E-state index in [-0.39, 0.29) is 48.1 Å². The van der Waals surface area contributed by atoms with E-state index in [0.29, 0.717) is 41.5 Å². The van der Waals surface area contributed by atoms with Crippen molar-refractivity contribution in [1.29, 1.82) is 0 Å². The molecule has 0 saturated carbocycles. The number of nitrogens with one attached hydrogen (secondary N) is 2. The SMILES string of the molecule is C#CCC(OC(=O)N(C)[C@H](C(=O)N[C@H](C(=O)N(C)[C@@H](C(C)CC)[C@@H](CC(=O)N1CCC[C@H]1[C@H](OC)[C@@H](C)C(=O)NC(Cc1ccccc1)C(=O)O)OC)C(C)C)C(C)C)c1ccc(O[C@H]2C[C@@H](O)[C@@H](O)[C@@H](CO)O2)c2cc(C(=O)O)sc12. The van der Waals surface area contributed by atoms with Gasteiger partial charge < -0.3 is 69.7 Å². The molecule has 2 aromatic carbocycles. The number of carbonyl (C=O) groups is 7. The fourth-order valence-corrected chi connectivity index (χ4v) is 12.1. The second kappa shape index (κ2) is 30.2. The largest absolute Gasteiger partial charge is 0.480 e. The van der Waals surface area contributed by atoms with Crippen LogP contribution in [0.4, 0.5) is 4.79 Å². The van der Waals surface area contributed by atoms with E-state index in [2.05, 4.69) is 16.6 Å². The Bertz CT molecular complexity index is 2720. The molecule has 2 saturated heterocycles. The molecule has 14 atom stereocenters. The predicted molar refractivity (Wildman–Crippen MR) is 303 cm³/mol. The third kappa shape index (κ3) is 16.0. The van der Waals surface area contributed by atoms with E-state index in [1.165, 1.54) is 38.3 Å². The number of ether oxygens (including phenoxy) is 5. The van der Waals surface area contributed by atoms with Crippen LogP contribution in [0.3, 0.4) is 0 Å². The zero-order valence-corrected chi connectivity index (χ0v) is 49.5. The molecule has 3 heterocycles. The van der Waals surface area contributed by atoms with Gasteiger partial charge in [-0.05, 0) is 48.3 Å². The Labute approximate surface area is 483 Å². The number of amides is 5. The van der Waals surface area contributed by atoms with E-state index >= 15 is 0 Å². The van der Waals surface area contributed by atoms with Gasteiger partial charge in [-0.1, -0.05) is 91.3 Å². The highest BCUT2D eigenvalue weighted by atomic mass is 32.1. The number of aliphatic carboxylic acids is 1. The Morgan fingerprint density at radius 2 is 1.60 bits per heavy atom. The number of carboxylic acids is 2. The molecular weight excluding hydrogens is 1080 g/mol. The van der Waals surface area contributed by atoms with Crippen LogP contribution in [-0.2, 0) is 49.3 Å². The van der Waals surface area contributed by atoms with Gasteiger partial charge in [0.05, 0.1) is 55.8 Å². The number of rotatable bonds is 28. The summed E-state index contributed by atoms with van der Waals surface area (Å²) < 4.78 is 30.1. The van der Waals surface area contributed by atoms with E-state index in [1.54, 1.807) is 76.9 Å². The smallest absolute Gasteiger partial charge is 0.410 e. The fraction of sp³-hybridized carbons (Fsp3) is 0.610. The number of hydrogen-bond acceptors (Lipinski definition) is 16. The summed E-state index contributed by atoms with van der Waals surface area (Å²) in [6.45, 7) is 12.3. The molecule has 0 aliphatic carbocycles. The molecule has 2 aliphatic heterocycles. The van der Waals surface area contributed by atoms with Gasteiger partial charge in [0.25, 0.3) is 0 Å². The fourth-order valence-electron chi connectivity index (χ4n) is 11.1. The van der Waals surface area contributed by atoms with Crippen LogP contribution in [0.1, 0.15) is 114 Å². The van der Waals surface area contributed by atoms with Crippen molar-refractivity contribution in [3.63, 3.8) is 0 Å². The first kappa shape index (κ1) is 66.4. The highest BCUT2D eigenvalue weighted by molar-refractivity contribution is 7.21. The molecule has 3 aromatic rings. The normalized spacial score (nSPS) is 21.5. The predicted octanol–water partition coefficient (Wildman–Crippen LogP) is 4.84. The quantitative estimate of drug-likeness (QED) is 0.0479. The van der Waals surface area contributed by atoms with Gasteiger partial charge in [0.1, 0.15) is 47.1 Å². The third-order valence-corrected chi connectivity index (χ3v) is 16.9. The number of aliphatic hydroxyl groups is 3. The first-order chi connectivity index (χ1) is 38.8. The van der Waals surface area contributed by atoms with Crippen molar-refractivity contribution in [3.8, 4) is 18.1 Å². The van der Waals surface area contributed by atoms with Crippen molar-refractivity contribution in [2.75, 3.05) is 41.5 Å². The zero-order chi connectivity index (χ0) is 60.9. The Morgan fingerprint density at radius 1 is 0.915 bits per heavy atom. The molecule has 3 unspecified atom stereocenters. The number of likely N-dealkylation sites (N-methyl/N-ethyl adjacent to an activating group) is 2. The molecule has 0 spiro atoms. The highest BCUT2D eigenvalue weighted by Gasteiger charge is 2.45. The number of benzene rings is 2. The average molecular weight is 1170 g/mol. The summed E-state index contributed by atoms with van der Waals surface area (Å²) in [6, 6.07) is 8.65. The summed E-state index contributed by atoms with van der Waals surface area (Å²) in [5, 5.41) is 56.2. The van der Waals surface area contributed by atoms with Crippen LogP contribution in [0.2, 0.25) is 0 Å². The summed E-state index contributed by atoms with van der Waals surface area (Å²) >= 11 is 0.876. The maximum atomic E-state index is 14.9. The van der Waals surface area contributed by atoms with E-state index in [1.807, 2.05) is 19.9 Å². The lowest BCUT2D eigenvalue weighted by Crippen LogP contribution is -2.60. The number of hydrogen-bond donors (Lipinski definition) is 7. The Hall–Kier alpha value is -6.39. The molecule has 1 aromatic heterocycles. The van der Waals surface area contributed by atoms with Gasteiger partial charge in [0.15, 0.2) is 0 Å². The first-order valence-electron chi connectivity index (χ1n) is 27.8. The number of likely N-dealkylation sites (tertiary alicyclic amines) is 1. The minimum Gasteiger partial charge on any atom is -0.480 e. The van der Waals surface area contributed by atoms with E-state index in [4.69, 9.17) is 30.1 Å². The molecule has 22 nitrogen and oxygen atoms in total. The molecule has 7 N–H and O–H groups in total. The molecule has 0 radical (unpaired) electrons. The Balaban J connectivity index is 1.31. The summed E-state index contributed by atoms with van der Waals surface area (Å²) in [5.74, 6) is -3.80. The number of thiophene rings is 1. The molecular formula is C59H83N5O17S. The van der Waals surface area contributed by atoms with Gasteiger partial charge in [0, 0.05) is 63.4 Å². The van der Waals surface area contributed by atoms with Gasteiger partial charge in [-0.25, -0.2) is 14.4 Å². The second-order valence-electron chi connectivity index (χ2n) is 22.0. The van der Waals surface area contributed by atoms with Crippen molar-refractivity contribution in [2.45, 2.75) is 167 Å². The maximum absolute atomic E-state index is 14.9. The van der Waals surface area contributed by atoms with Gasteiger partial charge in [-0.2, -0.15) is 0 Å². The number of carboxylic acid groups (broad SMARTS) is 2. The lowest BCUT2D eigenvalue weighted by molar-refractivity contribution is -0.229. The number of methoxy groups -OCH3 is 2. The molecule has 2 aliphatic rings. The number of aromatic carboxylic acids is 1. The molecule has 0 bridgehead atoms. The molecule has 5 amide bonds. The molecule has 23 heteroatoms. The van der Waals surface area contributed by atoms with Crippen molar-refractivity contribution in [1.82, 2.24) is 25.3 Å². The van der Waals surface area contributed by atoms with Gasteiger partial charge in [-0.15, -0.1) is 23.7 Å². The molecule has 82 heavy (non-hydrogen) atoms. The summed E-state index contributed by atoms with van der Waals surface area (Å²) in [5.41, 5.74) is 1.07. The highest BCUT2D eigenvalue weighted by Crippen LogP contribution is 2.41. The van der Waals surface area contributed by atoms with Crippen LogP contribution in [0, 0.1) is 36.0 Å². The van der Waals surface area contributed by atoms with Crippen LogP contribution in [0.15, 0.2) is 48.5 Å². The number of carbonyl (C=O) groups excluding carboxylic acids is 5. The first-order valence-corrected chi connectivity index (χ1v) is 28.6. The van der Waals surface area contributed by atoms with Gasteiger partial charge in [0.2, 0.25) is 29.9 Å². The Kier molecular flexibility index (Phi) is 24.5. The monoisotopic (exact) mass is 1170 g/mol. The van der Waals surface area contributed by atoms with Crippen molar-refractivity contribution < 1.29 is 82.8 Å². The summed E-state index contributed by atoms with van der Waals surface area (Å²) in [6.07, 6.45) is -1.52. The number of terminal acetylenes is 1. The summed E-state index contributed by atoms with van der Waals surface area (Å²) in [4.78, 5) is 101. The van der Waals surface area contributed by atoms with Crippen LogP contribution >= 0.6 is 11.3 Å². The van der Waals surface area contributed by atoms with Crippen LogP contribution in [0.25, 0.3) is 10.1 Å². The van der Waals surface area contributed by atoms with Gasteiger partial charge in [-0.3, -0.25) is 24.1 Å². The van der Waals surface area contributed by atoms with Crippen LogP contribution in [0.5, 0.6) is 5.75 Å². The standard InChI is InChI=1S/C59H83N5O17S/c1-13-19-41(36-23-24-42(37-27-45(58(74)75)82-53(36)37)79-47-28-40(66)51(68)44(30-65)80-47)81-59(76)63(10)49(32(5)6)55(70)61-48(31(3)4)56(71)62(9)50(33(7)14-2)43(77-11)29-46(67)64-25-18-22-39(64)52(78-12)34(8)54(69)60-38(57(72)73)26-35-20-16-15-17-21-35/h1,15-17,20-21,23-24,27,31-34,38-41,43-44,47-52,65-66,68H,14,18-19,22,25-26,28-30H2,2-12H3,(H,60,69)(H,61,70)(H,72,73)(H,74,75)/t33?,34-,38?,39+,40-,41?,43-,44-,47-,48+,49+,50+,51-,52-/m1/s1. The van der Waals surface area contributed by atoms with Crippen LogP contribution in [-0.4, -0.2) is 190 Å². The number of aliphatic hydroxyl groups excluding tert-OH is 3. The molecule has 452 valence electrons. The van der Waals surface area contributed by atoms with Crippen LogP contribution < -0.4 is 15.4 Å². The number of fused-ring (bicyclic) bond motifs is 1.